The van der Waals surface area contributed by atoms with Crippen LogP contribution in [0.1, 0.15) is 50.8 Å². The topological polar surface area (TPSA) is 143 Å². The van der Waals surface area contributed by atoms with Crippen LogP contribution in [0.4, 0.5) is 24.9 Å². The predicted molar refractivity (Wildman–Crippen MR) is 125 cm³/mol. The van der Waals surface area contributed by atoms with E-state index in [1.165, 1.54) is 19.1 Å². The van der Waals surface area contributed by atoms with Gasteiger partial charge in [-0.15, -0.1) is 0 Å². The van der Waals surface area contributed by atoms with E-state index in [0.29, 0.717) is 6.42 Å². The molecule has 1 aromatic carbocycles. The van der Waals surface area contributed by atoms with Crippen molar-refractivity contribution < 1.29 is 27.5 Å². The summed E-state index contributed by atoms with van der Waals surface area (Å²) in [6.07, 6.45) is -4.24. The van der Waals surface area contributed by atoms with Crippen molar-refractivity contribution in [3.8, 4) is 11.9 Å². The Hall–Kier alpha value is -3.88. The molecule has 190 valence electrons. The summed E-state index contributed by atoms with van der Waals surface area (Å²) in [5.41, 5.74) is 4.98. The number of nitrogens with zero attached hydrogens (tertiary/aromatic N) is 3. The molecule has 4 N–H and O–H groups in total. The van der Waals surface area contributed by atoms with Crippen LogP contribution in [-0.4, -0.2) is 40.9 Å². The third-order valence-electron chi connectivity index (χ3n) is 4.66. The van der Waals surface area contributed by atoms with Crippen LogP contribution >= 0.6 is 0 Å². The van der Waals surface area contributed by atoms with Gasteiger partial charge in [-0.25, -0.2) is 0 Å². The van der Waals surface area contributed by atoms with Crippen LogP contribution in [0.15, 0.2) is 24.3 Å². The fourth-order valence-corrected chi connectivity index (χ4v) is 3.13. The van der Waals surface area contributed by atoms with Gasteiger partial charge in [-0.2, -0.15) is 28.4 Å². The fraction of sp³-hybridized carbons (Fsp3) is 0.435. The Morgan fingerprint density at radius 1 is 1.29 bits per heavy atom. The van der Waals surface area contributed by atoms with Gasteiger partial charge in [0.2, 0.25) is 17.7 Å². The van der Waals surface area contributed by atoms with E-state index < -0.39 is 23.6 Å². The molecule has 0 aliphatic carbocycles. The minimum atomic E-state index is -4.54. The molecule has 0 spiro atoms. The van der Waals surface area contributed by atoms with E-state index in [0.717, 1.165) is 12.1 Å². The minimum absolute atomic E-state index is 0. The quantitative estimate of drug-likeness (QED) is 0.403. The Labute approximate surface area is 201 Å². The average Bonchev–Trinajstić information content (AvgIpc) is 2.75. The summed E-state index contributed by atoms with van der Waals surface area (Å²) in [5.74, 6) is -0.937. The molecule has 0 saturated heterocycles. The fourth-order valence-electron chi connectivity index (χ4n) is 3.13. The Balaban J connectivity index is 0.00000612. The molecular formula is C23H29F3N6O3. The number of alkyl halides is 3. The van der Waals surface area contributed by atoms with Crippen LogP contribution in [0.3, 0.4) is 0 Å². The number of Topliss-reactive ketones (excluding diaryl/α,β-unsaturated/α-hetero) is 1. The Morgan fingerprint density at radius 3 is 2.60 bits per heavy atom. The molecule has 35 heavy (non-hydrogen) atoms. The summed E-state index contributed by atoms with van der Waals surface area (Å²) < 4.78 is 44.5. The summed E-state index contributed by atoms with van der Waals surface area (Å²) in [4.78, 5) is 32.1. The predicted octanol–water partition coefficient (Wildman–Crippen LogP) is 3.49. The summed E-state index contributed by atoms with van der Waals surface area (Å²) in [7, 11) is 0. The molecule has 0 bridgehead atoms. The number of benzene rings is 1. The van der Waals surface area contributed by atoms with Crippen molar-refractivity contribution in [2.24, 2.45) is 0 Å². The normalized spacial score (nSPS) is 11.5. The number of aromatic nitrogens is 2. The number of amides is 1. The molecule has 0 aliphatic heterocycles. The van der Waals surface area contributed by atoms with E-state index in [4.69, 9.17) is 10.5 Å². The molecule has 0 radical (unpaired) electrons. The second-order valence-electron chi connectivity index (χ2n) is 7.32. The Kier molecular flexibility index (Phi) is 10.9. The van der Waals surface area contributed by atoms with Gasteiger partial charge in [0.05, 0.1) is 18.2 Å². The summed E-state index contributed by atoms with van der Waals surface area (Å²) in [6, 6.07) is 5.49. The van der Waals surface area contributed by atoms with Crippen LogP contribution in [0, 0.1) is 11.3 Å². The number of nitriles is 1. The van der Waals surface area contributed by atoms with Gasteiger partial charge in [0.1, 0.15) is 6.07 Å². The second kappa shape index (κ2) is 13.1. The molecule has 2 aromatic rings. The first-order chi connectivity index (χ1) is 16.0. The highest BCUT2D eigenvalue weighted by molar-refractivity contribution is 5.88. The van der Waals surface area contributed by atoms with Crippen molar-refractivity contribution in [3.05, 3.63) is 41.0 Å². The Bertz CT molecular complexity index is 1070. The van der Waals surface area contributed by atoms with Gasteiger partial charge in [-0.1, -0.05) is 25.6 Å². The highest BCUT2D eigenvalue weighted by Gasteiger charge is 2.31. The van der Waals surface area contributed by atoms with Gasteiger partial charge in [0.25, 0.3) is 0 Å². The van der Waals surface area contributed by atoms with E-state index in [9.17, 15) is 28.0 Å². The molecule has 9 nitrogen and oxygen atoms in total. The first-order valence-electron chi connectivity index (χ1n) is 10.4. The maximum atomic E-state index is 13.1. The van der Waals surface area contributed by atoms with E-state index in [1.54, 1.807) is 6.92 Å². The van der Waals surface area contributed by atoms with Crippen LogP contribution in [-0.2, 0) is 22.2 Å². The first kappa shape index (κ1) is 29.2. The van der Waals surface area contributed by atoms with Crippen molar-refractivity contribution in [2.75, 3.05) is 24.2 Å². The molecule has 1 atom stereocenters. The van der Waals surface area contributed by atoms with Crippen LogP contribution in [0.2, 0.25) is 0 Å². The summed E-state index contributed by atoms with van der Waals surface area (Å²) in [6.45, 7) is 3.54. The smallest absolute Gasteiger partial charge is 0.416 e. The lowest BCUT2D eigenvalue weighted by atomic mass is 9.98. The second-order valence-corrected chi connectivity index (χ2v) is 7.32. The molecule has 0 unspecified atom stereocenters. The van der Waals surface area contributed by atoms with E-state index in [1.807, 2.05) is 6.07 Å². The van der Waals surface area contributed by atoms with Crippen molar-refractivity contribution in [3.63, 3.8) is 0 Å². The number of halogens is 3. The molecule has 1 heterocycles. The number of ether oxygens (including phenoxy) is 1. The summed E-state index contributed by atoms with van der Waals surface area (Å²) in [5, 5.41) is 15.0. The zero-order valence-electron chi connectivity index (χ0n) is 18.7. The minimum Gasteiger partial charge on any atom is -0.477 e. The lowest BCUT2D eigenvalue weighted by Crippen LogP contribution is -2.33. The van der Waals surface area contributed by atoms with Gasteiger partial charge in [0, 0.05) is 19.9 Å². The molecule has 0 saturated carbocycles. The number of rotatable bonds is 11. The molecule has 1 amide bonds. The van der Waals surface area contributed by atoms with Crippen LogP contribution in [0.5, 0.6) is 5.88 Å². The van der Waals surface area contributed by atoms with Crippen molar-refractivity contribution >= 4 is 23.5 Å². The highest BCUT2D eigenvalue weighted by Crippen LogP contribution is 2.30. The SMILES string of the molecule is C.CCOc1nc(N)nc(N[C@@H](CCCNC(C)=O)C(=O)Cc2cccc(C(F)(F)F)c2)c1C#N. The molecule has 1 aromatic heterocycles. The number of nitrogen functional groups attached to an aromatic ring is 1. The first-order valence-corrected chi connectivity index (χ1v) is 10.4. The number of nitrogens with one attached hydrogen (secondary N) is 2. The standard InChI is InChI=1S/C22H25F3N6O3.CH4/c1-3-34-20-16(12-26)19(30-21(27)31-20)29-17(8-5-9-28-13(2)32)18(33)11-14-6-4-7-15(10-14)22(23,24)25;/h4,6-7,10,17H,3,5,8-9,11H2,1-2H3,(H,28,32)(H3,27,29,30,31);1H4/t17-;/m0./s1. The van der Waals surface area contributed by atoms with Crippen molar-refractivity contribution in [1.29, 1.82) is 5.26 Å². The number of carbonyl (C=O) groups is 2. The third kappa shape index (κ3) is 8.77. The maximum absolute atomic E-state index is 13.1. The van der Waals surface area contributed by atoms with E-state index >= 15 is 0 Å². The van der Waals surface area contributed by atoms with Gasteiger partial charge >= 0.3 is 6.18 Å². The average molecular weight is 495 g/mol. The van der Waals surface area contributed by atoms with Gasteiger partial charge in [-0.3, -0.25) is 9.59 Å². The molecule has 2 rings (SSSR count). The van der Waals surface area contributed by atoms with Gasteiger partial charge in [0.15, 0.2) is 17.2 Å². The van der Waals surface area contributed by atoms with E-state index in [-0.39, 0.29) is 68.1 Å². The summed E-state index contributed by atoms with van der Waals surface area (Å²) >= 11 is 0. The molecule has 0 aliphatic rings. The number of hydrogen-bond acceptors (Lipinski definition) is 8. The molecule has 0 fully saturated rings. The monoisotopic (exact) mass is 494 g/mol. The number of nitrogens with two attached hydrogens (primary N) is 1. The van der Waals surface area contributed by atoms with Crippen LogP contribution in [0.25, 0.3) is 0 Å². The maximum Gasteiger partial charge on any atom is 0.416 e. The lowest BCUT2D eigenvalue weighted by molar-refractivity contribution is -0.137. The Morgan fingerprint density at radius 2 is 2.00 bits per heavy atom. The van der Waals surface area contributed by atoms with Crippen molar-refractivity contribution in [2.45, 2.75) is 52.8 Å². The highest BCUT2D eigenvalue weighted by atomic mass is 19.4. The number of hydrogen-bond donors (Lipinski definition) is 3. The lowest BCUT2D eigenvalue weighted by Gasteiger charge is -2.20. The van der Waals surface area contributed by atoms with E-state index in [2.05, 4.69) is 20.6 Å². The van der Waals surface area contributed by atoms with Crippen molar-refractivity contribution in [1.82, 2.24) is 15.3 Å². The van der Waals surface area contributed by atoms with Crippen LogP contribution < -0.4 is 21.1 Å². The largest absolute Gasteiger partial charge is 0.477 e. The zero-order valence-corrected chi connectivity index (χ0v) is 18.7. The zero-order chi connectivity index (χ0) is 25.3. The number of ketones is 1. The number of carbonyl (C=O) groups excluding carboxylic acids is 2. The number of anilines is 2. The molecule has 12 heteroatoms. The third-order valence-corrected chi connectivity index (χ3v) is 4.66. The van der Waals surface area contributed by atoms with Gasteiger partial charge in [-0.05, 0) is 31.4 Å². The molecular weight excluding hydrogens is 465 g/mol. The van der Waals surface area contributed by atoms with Gasteiger partial charge < -0.3 is 21.1 Å².